The van der Waals surface area contributed by atoms with E-state index in [1.807, 2.05) is 18.2 Å². The minimum atomic E-state index is -0.290. The Hall–Kier alpha value is -2.38. The Morgan fingerprint density at radius 3 is 2.67 bits per heavy atom. The van der Waals surface area contributed by atoms with Crippen LogP contribution in [0.15, 0.2) is 53.3 Å². The highest BCUT2D eigenvalue weighted by Gasteiger charge is 2.19. The second-order valence-electron chi connectivity index (χ2n) is 4.97. The summed E-state index contributed by atoms with van der Waals surface area (Å²) in [6, 6.07) is 10.8. The lowest BCUT2D eigenvalue weighted by atomic mass is 10.1. The summed E-state index contributed by atoms with van der Waals surface area (Å²) in [5, 5.41) is 3.03. The van der Waals surface area contributed by atoms with Gasteiger partial charge in [-0.25, -0.2) is 4.98 Å². The topological polar surface area (TPSA) is 72.0 Å². The van der Waals surface area contributed by atoms with Crippen LogP contribution in [0.2, 0.25) is 0 Å². The average Bonchev–Trinajstić information content (AvgIpc) is 3.07. The summed E-state index contributed by atoms with van der Waals surface area (Å²) in [5.41, 5.74) is 1.78. The molecule has 1 N–H and O–H groups in total. The third kappa shape index (κ3) is 3.58. The van der Waals surface area contributed by atoms with Crippen molar-refractivity contribution in [2.45, 2.75) is 6.92 Å². The molecule has 5 nitrogen and oxygen atoms in total. The summed E-state index contributed by atoms with van der Waals surface area (Å²) in [4.78, 5) is 33.4. The molecule has 0 aliphatic rings. The minimum absolute atomic E-state index is 0. The first-order chi connectivity index (χ1) is 11.5. The second-order valence-corrected chi connectivity index (χ2v) is 6.91. The predicted molar refractivity (Wildman–Crippen MR) is 101 cm³/mol. The van der Waals surface area contributed by atoms with Gasteiger partial charge >= 0.3 is 0 Å². The average molecular weight is 406 g/mol. The van der Waals surface area contributed by atoms with Crippen molar-refractivity contribution in [1.82, 2.24) is 9.97 Å². The zero-order valence-electron chi connectivity index (χ0n) is 12.6. The van der Waals surface area contributed by atoms with Crippen molar-refractivity contribution in [1.29, 1.82) is 0 Å². The molecule has 1 aromatic carbocycles. The van der Waals surface area contributed by atoms with Gasteiger partial charge in [-0.2, -0.15) is 0 Å². The van der Waals surface area contributed by atoms with Crippen molar-refractivity contribution in [3.05, 3.63) is 74.4 Å². The fourth-order valence-electron chi connectivity index (χ4n) is 2.05. The molecule has 0 fully saturated rings. The number of rotatable bonds is 4. The summed E-state index contributed by atoms with van der Waals surface area (Å²) < 4.78 is 0.718. The van der Waals surface area contributed by atoms with Crippen molar-refractivity contribution in [2.75, 3.05) is 5.32 Å². The maximum atomic E-state index is 12.6. The number of benzene rings is 1. The summed E-state index contributed by atoms with van der Waals surface area (Å²) in [6.45, 7) is 1.76. The van der Waals surface area contributed by atoms with Crippen molar-refractivity contribution in [2.24, 2.45) is 0 Å². The molecular weight excluding hydrogens is 390 g/mol. The molecule has 0 bridgehead atoms. The Balaban J connectivity index is 0.00000169. The lowest BCUT2D eigenvalue weighted by Crippen LogP contribution is -2.09. The quantitative estimate of drug-likeness (QED) is 0.644. The number of anilines is 1. The third-order valence-corrected chi connectivity index (χ3v) is 4.68. The Kier molecular flexibility index (Phi) is 4.82. The van der Waals surface area contributed by atoms with Crippen LogP contribution < -0.4 is 5.32 Å². The molecule has 124 valence electrons. The molecule has 24 heavy (non-hydrogen) atoms. The van der Waals surface area contributed by atoms with E-state index in [0.717, 1.165) is 15.8 Å². The Morgan fingerprint density at radius 2 is 1.92 bits per heavy atom. The maximum absolute atomic E-state index is 12.6. The molecule has 0 unspecified atom stereocenters. The van der Waals surface area contributed by atoms with Gasteiger partial charge in [0.05, 0.1) is 6.20 Å². The van der Waals surface area contributed by atoms with Crippen LogP contribution in [0, 0.1) is 6.92 Å². The van der Waals surface area contributed by atoms with Crippen LogP contribution in [-0.4, -0.2) is 21.7 Å². The fourth-order valence-corrected chi connectivity index (χ4v) is 3.15. The van der Waals surface area contributed by atoms with Crippen LogP contribution in [0.3, 0.4) is 0 Å². The van der Waals surface area contributed by atoms with E-state index in [0.29, 0.717) is 21.8 Å². The van der Waals surface area contributed by atoms with E-state index in [9.17, 15) is 9.59 Å². The number of hydrogen-bond donors (Lipinski definition) is 1. The first-order valence-corrected chi connectivity index (χ1v) is 8.64. The van der Waals surface area contributed by atoms with Crippen LogP contribution in [0.4, 0.5) is 5.69 Å². The fraction of sp³-hybridized carbons (Fsp3) is 0.0588. The van der Waals surface area contributed by atoms with Crippen LogP contribution in [0.5, 0.6) is 0 Å². The molecule has 1 amide bonds. The van der Waals surface area contributed by atoms with Crippen LogP contribution in [-0.2, 0) is 0 Å². The monoisotopic (exact) mass is 405 g/mol. The molecule has 0 atom stereocenters. The largest absolute Gasteiger partial charge is 0.321 e. The summed E-state index contributed by atoms with van der Waals surface area (Å²) in [5.74, 6) is -0.535. The molecule has 0 saturated carbocycles. The predicted octanol–water partition coefficient (Wildman–Crippen LogP) is 4.58. The maximum Gasteiger partial charge on any atom is 0.267 e. The molecule has 0 saturated heterocycles. The van der Waals surface area contributed by atoms with Gasteiger partial charge in [0, 0.05) is 30.5 Å². The van der Waals surface area contributed by atoms with Gasteiger partial charge in [0.1, 0.15) is 4.88 Å². The van der Waals surface area contributed by atoms with Gasteiger partial charge in [0.2, 0.25) is 5.78 Å². The molecule has 3 rings (SSSR count). The van der Waals surface area contributed by atoms with Gasteiger partial charge < -0.3 is 5.32 Å². The van der Waals surface area contributed by atoms with E-state index < -0.39 is 0 Å². The summed E-state index contributed by atoms with van der Waals surface area (Å²) in [6.07, 6.45) is 3.05. The number of carbonyl (C=O) groups excluding carboxylic acids is 2. The van der Waals surface area contributed by atoms with Gasteiger partial charge in [0.15, 0.2) is 5.01 Å². The van der Waals surface area contributed by atoms with Crippen molar-refractivity contribution >= 4 is 44.6 Å². The number of nitrogens with one attached hydrogen (secondary N) is 1. The number of amides is 1. The number of thiazole rings is 1. The highest BCUT2D eigenvalue weighted by atomic mass is 79.9. The molecule has 2 aromatic heterocycles. The van der Waals surface area contributed by atoms with E-state index in [-0.39, 0.29) is 19.6 Å². The number of carbonyl (C=O) groups is 2. The highest BCUT2D eigenvalue weighted by Crippen LogP contribution is 2.21. The normalized spacial score (nSPS) is 10.4. The van der Waals surface area contributed by atoms with Crippen LogP contribution in [0.25, 0.3) is 0 Å². The number of nitrogens with zero attached hydrogens (tertiary/aromatic N) is 2. The Morgan fingerprint density at radius 1 is 1.17 bits per heavy atom. The number of hydrogen-bond acceptors (Lipinski definition) is 5. The minimum Gasteiger partial charge on any atom is -0.321 e. The molecule has 0 radical (unpaired) electrons. The van der Waals surface area contributed by atoms with E-state index >= 15 is 0 Å². The van der Waals surface area contributed by atoms with E-state index in [1.165, 1.54) is 6.20 Å². The van der Waals surface area contributed by atoms with E-state index in [2.05, 4.69) is 31.2 Å². The second kappa shape index (κ2) is 7.02. The Labute approximate surface area is 153 Å². The first kappa shape index (κ1) is 16.5. The van der Waals surface area contributed by atoms with Gasteiger partial charge in [-0.1, -0.05) is 18.2 Å². The Bertz CT molecular complexity index is 919. The zero-order chi connectivity index (χ0) is 17.1. The zero-order valence-corrected chi connectivity index (χ0v) is 15.0. The highest BCUT2D eigenvalue weighted by molar-refractivity contribution is 9.10. The third-order valence-electron chi connectivity index (χ3n) is 3.25. The van der Waals surface area contributed by atoms with Gasteiger partial charge in [-0.3, -0.25) is 14.6 Å². The molecule has 3 aromatic rings. The SMILES string of the molecule is Cc1ncc(Br)cc1C(=O)c1ncc(C(=O)Nc2ccccc2)s1.[HH].[HH]. The van der Waals surface area contributed by atoms with Gasteiger partial charge in [-0.15, -0.1) is 11.3 Å². The lowest BCUT2D eigenvalue weighted by molar-refractivity contribution is 0.102. The molecule has 0 aliphatic carbocycles. The van der Waals surface area contributed by atoms with E-state index in [4.69, 9.17) is 0 Å². The van der Waals surface area contributed by atoms with E-state index in [1.54, 1.807) is 31.3 Å². The van der Waals surface area contributed by atoms with Gasteiger partial charge in [-0.05, 0) is 41.1 Å². The van der Waals surface area contributed by atoms with Crippen LogP contribution >= 0.6 is 27.3 Å². The summed E-state index contributed by atoms with van der Waals surface area (Å²) >= 11 is 4.37. The molecule has 7 heteroatoms. The molecular formula is C17H16BrN3O2S. The smallest absolute Gasteiger partial charge is 0.267 e. The van der Waals surface area contributed by atoms with Crippen molar-refractivity contribution in [3.8, 4) is 0 Å². The number of para-hydroxylation sites is 1. The van der Waals surface area contributed by atoms with Crippen molar-refractivity contribution in [3.63, 3.8) is 0 Å². The number of pyridine rings is 1. The van der Waals surface area contributed by atoms with Crippen LogP contribution in [0.1, 0.15) is 33.6 Å². The number of ketones is 1. The summed E-state index contributed by atoms with van der Waals surface area (Å²) in [7, 11) is 0. The standard InChI is InChI=1S/C17H12BrN3O2S.2H2/c1-10-13(7-11(18)8-19-10)15(22)17-20-9-14(24-17)16(23)21-12-5-3-2-4-6-12;;/h2-9H,1H3,(H,21,23);2*1H. The number of aryl methyl sites for hydroxylation is 1. The van der Waals surface area contributed by atoms with Gasteiger partial charge in [0.25, 0.3) is 5.91 Å². The van der Waals surface area contributed by atoms with Crippen molar-refractivity contribution < 1.29 is 12.4 Å². The molecule has 0 spiro atoms. The number of aromatic nitrogens is 2. The number of halogens is 1. The molecule has 2 heterocycles. The lowest BCUT2D eigenvalue weighted by Gasteiger charge is -2.03. The molecule has 0 aliphatic heterocycles. The first-order valence-electron chi connectivity index (χ1n) is 7.03.